The van der Waals surface area contributed by atoms with E-state index in [-0.39, 0.29) is 16.7 Å². The molecule has 1 aliphatic carbocycles. The molecule has 1 N–H and O–H groups in total. The van der Waals surface area contributed by atoms with Gasteiger partial charge >= 0.3 is 0 Å². The molecule has 1 atom stereocenters. The van der Waals surface area contributed by atoms with Crippen molar-refractivity contribution in [3.05, 3.63) is 87.5 Å². The van der Waals surface area contributed by atoms with Gasteiger partial charge in [0, 0.05) is 23.4 Å². The Morgan fingerprint density at radius 1 is 0.926 bits per heavy atom. The second-order valence-electron chi connectivity index (χ2n) is 7.35. The molecule has 0 saturated carbocycles. The molecule has 5 rings (SSSR count). The fraction of sp³-hybridized carbons (Fsp3) is 0.217. The summed E-state index contributed by atoms with van der Waals surface area (Å²) in [6.07, 6.45) is 4.59. The van der Waals surface area contributed by atoms with Crippen LogP contribution in [0.4, 0.5) is 11.4 Å². The molecule has 4 nitrogen and oxygen atoms in total. The number of hydrogen-bond donors (Lipinski definition) is 1. The maximum atomic E-state index is 11.0. The number of nitro groups is 1. The van der Waals surface area contributed by atoms with Crippen molar-refractivity contribution in [1.29, 1.82) is 0 Å². The quantitative estimate of drug-likeness (QED) is 0.436. The van der Waals surface area contributed by atoms with Crippen molar-refractivity contribution in [3.63, 3.8) is 0 Å². The number of anilines is 1. The van der Waals surface area contributed by atoms with E-state index in [1.807, 2.05) is 12.1 Å². The highest BCUT2D eigenvalue weighted by molar-refractivity contribution is 6.01. The summed E-state index contributed by atoms with van der Waals surface area (Å²) in [6, 6.07) is 20.0. The topological polar surface area (TPSA) is 55.2 Å². The molecule has 1 aliphatic heterocycles. The van der Waals surface area contributed by atoms with Crippen molar-refractivity contribution in [2.45, 2.75) is 31.7 Å². The predicted octanol–water partition coefficient (Wildman–Crippen LogP) is 6.24. The fourth-order valence-corrected chi connectivity index (χ4v) is 4.57. The highest BCUT2D eigenvalue weighted by Crippen LogP contribution is 2.48. The number of hydrogen-bond acceptors (Lipinski definition) is 3. The molecule has 0 radical (unpaired) electrons. The maximum absolute atomic E-state index is 11.0. The molecule has 3 aromatic carbocycles. The van der Waals surface area contributed by atoms with E-state index in [9.17, 15) is 10.1 Å². The third-order valence-electron chi connectivity index (χ3n) is 5.83. The summed E-state index contributed by atoms with van der Waals surface area (Å²) in [5.74, 6) is 0. The van der Waals surface area contributed by atoms with Gasteiger partial charge in [0.15, 0.2) is 0 Å². The van der Waals surface area contributed by atoms with Crippen molar-refractivity contribution >= 4 is 27.7 Å². The second-order valence-corrected chi connectivity index (χ2v) is 7.35. The number of nitrogens with one attached hydrogen (secondary N) is 1. The minimum atomic E-state index is -0.342. The lowest BCUT2D eigenvalue weighted by molar-refractivity contribution is -0.384. The minimum Gasteiger partial charge on any atom is -0.374 e. The number of non-ortho nitro benzene ring substituents is 1. The largest absolute Gasteiger partial charge is 0.374 e. The van der Waals surface area contributed by atoms with Gasteiger partial charge < -0.3 is 5.32 Å². The van der Waals surface area contributed by atoms with Crippen LogP contribution in [0.1, 0.15) is 42.9 Å². The standard InChI is InChI=1S/C23H20N2O2/c26-25(27)17-12-9-16(10-13-17)23-20-8-4-3-7-19(20)22-18-6-2-1-5-15(18)11-14-21(22)24-23/h1-2,5-6,9-14,23-24H,3-4,7-8H2/t23-/m0/s1. The van der Waals surface area contributed by atoms with E-state index in [2.05, 4.69) is 41.7 Å². The average molecular weight is 356 g/mol. The molecule has 1 heterocycles. The van der Waals surface area contributed by atoms with Crippen molar-refractivity contribution in [3.8, 4) is 0 Å². The first-order valence-corrected chi connectivity index (χ1v) is 9.47. The van der Waals surface area contributed by atoms with Crippen LogP contribution >= 0.6 is 0 Å². The zero-order valence-corrected chi connectivity index (χ0v) is 14.9. The molecule has 0 aromatic heterocycles. The van der Waals surface area contributed by atoms with E-state index in [0.717, 1.165) is 24.1 Å². The van der Waals surface area contributed by atoms with E-state index in [1.54, 1.807) is 12.1 Å². The summed E-state index contributed by atoms with van der Waals surface area (Å²) in [6.45, 7) is 0. The van der Waals surface area contributed by atoms with Gasteiger partial charge in [-0.05, 0) is 71.4 Å². The maximum Gasteiger partial charge on any atom is 0.269 e. The molecule has 3 aromatic rings. The van der Waals surface area contributed by atoms with Gasteiger partial charge in [0.2, 0.25) is 0 Å². The number of allylic oxidation sites excluding steroid dienone is 1. The first kappa shape index (κ1) is 16.1. The SMILES string of the molecule is O=[N+]([O-])c1ccc([C@@H]2Nc3ccc4ccccc4c3C3=C2CCCC3)cc1. The third kappa shape index (κ3) is 2.60. The summed E-state index contributed by atoms with van der Waals surface area (Å²) in [5.41, 5.74) is 6.65. The van der Waals surface area contributed by atoms with Crippen LogP contribution in [0, 0.1) is 10.1 Å². The molecule has 0 amide bonds. The summed E-state index contributed by atoms with van der Waals surface area (Å²) in [4.78, 5) is 10.6. The molecule has 0 bridgehead atoms. The van der Waals surface area contributed by atoms with E-state index in [4.69, 9.17) is 0 Å². The lowest BCUT2D eigenvalue weighted by Crippen LogP contribution is -2.22. The Bertz CT molecular complexity index is 1080. The van der Waals surface area contributed by atoms with E-state index >= 15 is 0 Å². The van der Waals surface area contributed by atoms with Crippen LogP contribution in [0.15, 0.2) is 66.2 Å². The Morgan fingerprint density at radius 3 is 2.52 bits per heavy atom. The van der Waals surface area contributed by atoms with Crippen LogP contribution in [-0.2, 0) is 0 Å². The lowest BCUT2D eigenvalue weighted by Gasteiger charge is -2.36. The first-order valence-electron chi connectivity index (χ1n) is 9.47. The smallest absolute Gasteiger partial charge is 0.269 e. The molecule has 0 spiro atoms. The first-order chi connectivity index (χ1) is 13.2. The number of fused-ring (bicyclic) bond motifs is 4. The van der Waals surface area contributed by atoms with E-state index in [1.165, 1.54) is 40.3 Å². The van der Waals surface area contributed by atoms with E-state index < -0.39 is 0 Å². The molecular formula is C23H20N2O2. The number of benzene rings is 3. The Morgan fingerprint density at radius 2 is 1.70 bits per heavy atom. The van der Waals surface area contributed by atoms with Gasteiger partial charge in [-0.3, -0.25) is 10.1 Å². The number of nitro benzene ring substituents is 1. The van der Waals surface area contributed by atoms with Gasteiger partial charge in [-0.15, -0.1) is 0 Å². The average Bonchev–Trinajstić information content (AvgIpc) is 2.73. The molecule has 2 aliphatic rings. The minimum absolute atomic E-state index is 0.0924. The lowest BCUT2D eigenvalue weighted by atomic mass is 9.77. The van der Waals surface area contributed by atoms with Crippen LogP contribution < -0.4 is 5.32 Å². The third-order valence-corrected chi connectivity index (χ3v) is 5.83. The zero-order valence-electron chi connectivity index (χ0n) is 14.9. The number of nitrogens with zero attached hydrogens (tertiary/aromatic N) is 1. The van der Waals surface area contributed by atoms with Gasteiger partial charge in [-0.1, -0.05) is 30.3 Å². The Balaban J connectivity index is 1.67. The van der Waals surface area contributed by atoms with Gasteiger partial charge in [-0.25, -0.2) is 0 Å². The van der Waals surface area contributed by atoms with Gasteiger partial charge in [0.25, 0.3) is 5.69 Å². The monoisotopic (exact) mass is 356 g/mol. The number of rotatable bonds is 2. The van der Waals surface area contributed by atoms with E-state index in [0.29, 0.717) is 0 Å². The summed E-state index contributed by atoms with van der Waals surface area (Å²) < 4.78 is 0. The van der Waals surface area contributed by atoms with Gasteiger partial charge in [-0.2, -0.15) is 0 Å². The molecule has 4 heteroatoms. The normalized spacial score (nSPS) is 18.6. The Labute approximate surface area is 157 Å². The van der Waals surface area contributed by atoms with Crippen LogP contribution in [0.3, 0.4) is 0 Å². The molecule has 0 fully saturated rings. The van der Waals surface area contributed by atoms with Crippen molar-refractivity contribution < 1.29 is 4.92 Å². The van der Waals surface area contributed by atoms with Gasteiger partial charge in [0.05, 0.1) is 11.0 Å². The summed E-state index contributed by atoms with van der Waals surface area (Å²) in [7, 11) is 0. The van der Waals surface area contributed by atoms with Crippen LogP contribution in [0.5, 0.6) is 0 Å². The summed E-state index contributed by atoms with van der Waals surface area (Å²) >= 11 is 0. The van der Waals surface area contributed by atoms with Crippen molar-refractivity contribution in [1.82, 2.24) is 0 Å². The Kier molecular flexibility index (Phi) is 3.71. The van der Waals surface area contributed by atoms with Crippen LogP contribution in [0.25, 0.3) is 16.3 Å². The molecule has 134 valence electrons. The highest BCUT2D eigenvalue weighted by Gasteiger charge is 2.30. The molecule has 0 unspecified atom stereocenters. The van der Waals surface area contributed by atoms with Crippen molar-refractivity contribution in [2.24, 2.45) is 0 Å². The predicted molar refractivity (Wildman–Crippen MR) is 109 cm³/mol. The van der Waals surface area contributed by atoms with Crippen molar-refractivity contribution in [2.75, 3.05) is 5.32 Å². The van der Waals surface area contributed by atoms with Crippen LogP contribution in [-0.4, -0.2) is 4.92 Å². The Hall–Kier alpha value is -3.14. The molecule has 0 saturated heterocycles. The molecule has 27 heavy (non-hydrogen) atoms. The van der Waals surface area contributed by atoms with Crippen LogP contribution in [0.2, 0.25) is 0 Å². The molecular weight excluding hydrogens is 336 g/mol. The van der Waals surface area contributed by atoms with Gasteiger partial charge in [0.1, 0.15) is 0 Å². The fourth-order valence-electron chi connectivity index (χ4n) is 4.57. The second kappa shape index (κ2) is 6.23. The zero-order chi connectivity index (χ0) is 18.4. The summed E-state index contributed by atoms with van der Waals surface area (Å²) in [5, 5.41) is 17.3. The highest BCUT2D eigenvalue weighted by atomic mass is 16.6.